The maximum absolute atomic E-state index is 12.1. The lowest BCUT2D eigenvalue weighted by Gasteiger charge is -2.07. The molecule has 0 aliphatic rings. The second-order valence-electron chi connectivity index (χ2n) is 4.02. The molecular formula is C15H14ClNO2. The molecule has 1 amide bonds. The standard InChI is InChI=1S/C15H14ClNO2/c1-19-14-7-3-5-12(9-14)15(18)17-13-6-2-4-11(8-13)10-16/h2-9H,10H2,1H3,(H,17,18). The maximum atomic E-state index is 12.1. The Kier molecular flexibility index (Phi) is 4.42. The van der Waals surface area contributed by atoms with Crippen LogP contribution >= 0.6 is 11.6 Å². The summed E-state index contributed by atoms with van der Waals surface area (Å²) in [5.41, 5.74) is 2.24. The molecule has 0 bridgehead atoms. The number of alkyl halides is 1. The Balaban J connectivity index is 2.15. The molecule has 19 heavy (non-hydrogen) atoms. The number of hydrogen-bond donors (Lipinski definition) is 1. The first-order valence-electron chi connectivity index (χ1n) is 5.83. The largest absolute Gasteiger partial charge is 0.497 e. The van der Waals surface area contributed by atoms with E-state index in [1.54, 1.807) is 31.4 Å². The first-order valence-corrected chi connectivity index (χ1v) is 6.36. The fraction of sp³-hybridized carbons (Fsp3) is 0.133. The Morgan fingerprint density at radius 1 is 1.21 bits per heavy atom. The first kappa shape index (κ1) is 13.4. The van der Waals surface area contributed by atoms with Crippen molar-refractivity contribution in [1.82, 2.24) is 0 Å². The molecule has 0 atom stereocenters. The number of carbonyl (C=O) groups is 1. The van der Waals surface area contributed by atoms with Gasteiger partial charge in [0.2, 0.25) is 0 Å². The molecule has 2 aromatic carbocycles. The van der Waals surface area contributed by atoms with E-state index in [1.165, 1.54) is 0 Å². The van der Waals surface area contributed by atoms with E-state index in [1.807, 2.05) is 24.3 Å². The molecule has 0 heterocycles. The minimum atomic E-state index is -0.175. The van der Waals surface area contributed by atoms with Crippen molar-refractivity contribution in [3.05, 3.63) is 59.7 Å². The van der Waals surface area contributed by atoms with E-state index < -0.39 is 0 Å². The second-order valence-corrected chi connectivity index (χ2v) is 4.29. The summed E-state index contributed by atoms with van der Waals surface area (Å²) in [5, 5.41) is 2.83. The average molecular weight is 276 g/mol. The summed E-state index contributed by atoms with van der Waals surface area (Å²) in [5.74, 6) is 0.899. The fourth-order valence-electron chi connectivity index (χ4n) is 1.70. The third-order valence-electron chi connectivity index (χ3n) is 2.67. The molecule has 1 N–H and O–H groups in total. The topological polar surface area (TPSA) is 38.3 Å². The van der Waals surface area contributed by atoms with Crippen LogP contribution in [0.5, 0.6) is 5.75 Å². The molecule has 0 aliphatic heterocycles. The number of hydrogen-bond acceptors (Lipinski definition) is 2. The van der Waals surface area contributed by atoms with Crippen molar-refractivity contribution < 1.29 is 9.53 Å². The van der Waals surface area contributed by atoms with Crippen LogP contribution in [0.4, 0.5) is 5.69 Å². The molecule has 0 radical (unpaired) electrons. The van der Waals surface area contributed by atoms with Crippen LogP contribution in [0, 0.1) is 0 Å². The molecule has 0 unspecified atom stereocenters. The van der Waals surface area contributed by atoms with Gasteiger partial charge in [-0.15, -0.1) is 11.6 Å². The van der Waals surface area contributed by atoms with E-state index in [2.05, 4.69) is 5.32 Å². The van der Waals surface area contributed by atoms with E-state index in [4.69, 9.17) is 16.3 Å². The van der Waals surface area contributed by atoms with Crippen molar-refractivity contribution in [3.63, 3.8) is 0 Å². The van der Waals surface area contributed by atoms with Crippen LogP contribution in [0.15, 0.2) is 48.5 Å². The molecule has 2 rings (SSSR count). The van der Waals surface area contributed by atoms with Gasteiger partial charge in [0.05, 0.1) is 7.11 Å². The predicted molar refractivity (Wildman–Crippen MR) is 76.9 cm³/mol. The highest BCUT2D eigenvalue weighted by Crippen LogP contribution is 2.16. The van der Waals surface area contributed by atoms with Crippen molar-refractivity contribution in [1.29, 1.82) is 0 Å². The predicted octanol–water partition coefficient (Wildman–Crippen LogP) is 3.69. The van der Waals surface area contributed by atoms with Gasteiger partial charge in [0.15, 0.2) is 0 Å². The summed E-state index contributed by atoms with van der Waals surface area (Å²) in [6.45, 7) is 0. The van der Waals surface area contributed by atoms with Crippen molar-refractivity contribution in [2.45, 2.75) is 5.88 Å². The zero-order valence-corrected chi connectivity index (χ0v) is 11.3. The Labute approximate surface area is 117 Å². The van der Waals surface area contributed by atoms with Gasteiger partial charge >= 0.3 is 0 Å². The normalized spacial score (nSPS) is 10.0. The lowest BCUT2D eigenvalue weighted by atomic mass is 10.2. The van der Waals surface area contributed by atoms with Crippen molar-refractivity contribution in [3.8, 4) is 5.75 Å². The van der Waals surface area contributed by atoms with Gasteiger partial charge in [0.25, 0.3) is 5.91 Å². The number of amides is 1. The van der Waals surface area contributed by atoms with Crippen molar-refractivity contribution >= 4 is 23.2 Å². The van der Waals surface area contributed by atoms with Gasteiger partial charge in [-0.1, -0.05) is 18.2 Å². The number of methoxy groups -OCH3 is 1. The summed E-state index contributed by atoms with van der Waals surface area (Å²) < 4.78 is 5.09. The van der Waals surface area contributed by atoms with Crippen LogP contribution in [0.25, 0.3) is 0 Å². The van der Waals surface area contributed by atoms with E-state index in [-0.39, 0.29) is 5.91 Å². The third-order valence-corrected chi connectivity index (χ3v) is 2.98. The lowest BCUT2D eigenvalue weighted by Crippen LogP contribution is -2.11. The summed E-state index contributed by atoms with van der Waals surface area (Å²) in [7, 11) is 1.57. The monoisotopic (exact) mass is 275 g/mol. The maximum Gasteiger partial charge on any atom is 0.255 e. The number of rotatable bonds is 4. The molecular weight excluding hydrogens is 262 g/mol. The smallest absolute Gasteiger partial charge is 0.255 e. The van der Waals surface area contributed by atoms with Crippen LogP contribution < -0.4 is 10.1 Å². The molecule has 0 fully saturated rings. The Bertz CT molecular complexity index is 584. The molecule has 0 saturated heterocycles. The number of nitrogens with one attached hydrogen (secondary N) is 1. The van der Waals surface area contributed by atoms with Gasteiger partial charge in [-0.05, 0) is 35.9 Å². The number of halogens is 1. The lowest BCUT2D eigenvalue weighted by molar-refractivity contribution is 0.102. The van der Waals surface area contributed by atoms with E-state index >= 15 is 0 Å². The van der Waals surface area contributed by atoms with Crippen LogP contribution in [0.1, 0.15) is 15.9 Å². The number of benzene rings is 2. The van der Waals surface area contributed by atoms with Crippen molar-refractivity contribution in [2.75, 3.05) is 12.4 Å². The zero-order chi connectivity index (χ0) is 13.7. The van der Waals surface area contributed by atoms with Crippen molar-refractivity contribution in [2.24, 2.45) is 0 Å². The van der Waals surface area contributed by atoms with Crippen LogP contribution in [0.2, 0.25) is 0 Å². The highest BCUT2D eigenvalue weighted by Gasteiger charge is 2.07. The molecule has 3 nitrogen and oxygen atoms in total. The first-order chi connectivity index (χ1) is 9.22. The minimum Gasteiger partial charge on any atom is -0.497 e. The van der Waals surface area contributed by atoms with Crippen LogP contribution in [-0.4, -0.2) is 13.0 Å². The van der Waals surface area contributed by atoms with Crippen LogP contribution in [0.3, 0.4) is 0 Å². The van der Waals surface area contributed by atoms with Gasteiger partial charge < -0.3 is 10.1 Å². The SMILES string of the molecule is COc1cccc(C(=O)Nc2cccc(CCl)c2)c1. The third kappa shape index (κ3) is 3.48. The highest BCUT2D eigenvalue weighted by atomic mass is 35.5. The van der Waals surface area contributed by atoms with Gasteiger partial charge in [-0.3, -0.25) is 4.79 Å². The zero-order valence-electron chi connectivity index (χ0n) is 10.5. The Morgan fingerprint density at radius 3 is 2.74 bits per heavy atom. The van der Waals surface area contributed by atoms with Crippen LogP contribution in [-0.2, 0) is 5.88 Å². The molecule has 98 valence electrons. The average Bonchev–Trinajstić information content (AvgIpc) is 2.47. The second kappa shape index (κ2) is 6.25. The molecule has 0 aromatic heterocycles. The van der Waals surface area contributed by atoms with E-state index in [0.29, 0.717) is 17.2 Å². The fourth-order valence-corrected chi connectivity index (χ4v) is 1.87. The summed E-state index contributed by atoms with van der Waals surface area (Å²) in [6, 6.07) is 14.5. The molecule has 4 heteroatoms. The number of ether oxygens (including phenoxy) is 1. The summed E-state index contributed by atoms with van der Waals surface area (Å²) in [6.07, 6.45) is 0. The quantitative estimate of drug-likeness (QED) is 0.865. The molecule has 2 aromatic rings. The van der Waals surface area contributed by atoms with E-state index in [9.17, 15) is 4.79 Å². The van der Waals surface area contributed by atoms with E-state index in [0.717, 1.165) is 11.3 Å². The highest BCUT2D eigenvalue weighted by molar-refractivity contribution is 6.17. The molecule has 0 spiro atoms. The van der Waals surface area contributed by atoms with Gasteiger partial charge in [0, 0.05) is 17.1 Å². The number of anilines is 1. The Hall–Kier alpha value is -2.00. The minimum absolute atomic E-state index is 0.175. The van der Waals surface area contributed by atoms with Gasteiger partial charge in [-0.25, -0.2) is 0 Å². The molecule has 0 saturated carbocycles. The van der Waals surface area contributed by atoms with Gasteiger partial charge in [-0.2, -0.15) is 0 Å². The Morgan fingerprint density at radius 2 is 2.00 bits per heavy atom. The molecule has 0 aliphatic carbocycles. The number of carbonyl (C=O) groups excluding carboxylic acids is 1. The summed E-state index contributed by atoms with van der Waals surface area (Å²) >= 11 is 5.76. The summed E-state index contributed by atoms with van der Waals surface area (Å²) in [4.78, 5) is 12.1. The van der Waals surface area contributed by atoms with Gasteiger partial charge in [0.1, 0.15) is 5.75 Å².